The van der Waals surface area contributed by atoms with Gasteiger partial charge < -0.3 is 14.8 Å². The van der Waals surface area contributed by atoms with Crippen LogP contribution in [0, 0.1) is 24.0 Å². The highest BCUT2D eigenvalue weighted by Crippen LogP contribution is 2.24. The van der Waals surface area contributed by atoms with E-state index in [9.17, 15) is 15.2 Å². The molecule has 2 aromatic heterocycles. The van der Waals surface area contributed by atoms with Crippen LogP contribution in [-0.4, -0.2) is 21.6 Å². The van der Waals surface area contributed by atoms with E-state index in [-0.39, 0.29) is 12.2 Å². The molecule has 0 bridgehead atoms. The van der Waals surface area contributed by atoms with Gasteiger partial charge in [-0.05, 0) is 39.0 Å². The summed E-state index contributed by atoms with van der Waals surface area (Å²) >= 11 is 0. The van der Waals surface area contributed by atoms with Crippen molar-refractivity contribution in [2.24, 2.45) is 0 Å². The zero-order valence-electron chi connectivity index (χ0n) is 12.1. The number of anilines is 1. The summed E-state index contributed by atoms with van der Waals surface area (Å²) in [6, 6.07) is 5.06. The molecule has 1 atom stereocenters. The fourth-order valence-corrected chi connectivity index (χ4v) is 1.91. The summed E-state index contributed by atoms with van der Waals surface area (Å²) < 4.78 is 5.41. The Labute approximate surface area is 121 Å². The van der Waals surface area contributed by atoms with E-state index in [4.69, 9.17) is 4.42 Å². The van der Waals surface area contributed by atoms with Gasteiger partial charge in [-0.1, -0.05) is 0 Å². The third kappa shape index (κ3) is 3.38. The van der Waals surface area contributed by atoms with Gasteiger partial charge in [-0.25, -0.2) is 4.98 Å². The first-order valence-corrected chi connectivity index (χ1v) is 6.44. The second kappa shape index (κ2) is 5.53. The van der Waals surface area contributed by atoms with Crippen LogP contribution in [0.1, 0.15) is 24.0 Å². The van der Waals surface area contributed by atoms with Gasteiger partial charge in [-0.2, -0.15) is 0 Å². The number of furan rings is 1. The van der Waals surface area contributed by atoms with Gasteiger partial charge in [-0.3, -0.25) is 10.1 Å². The highest BCUT2D eigenvalue weighted by atomic mass is 16.6. The number of nitro groups is 1. The molecular formula is C14H17N3O4. The van der Waals surface area contributed by atoms with Crippen molar-refractivity contribution >= 4 is 11.5 Å². The van der Waals surface area contributed by atoms with Crippen molar-refractivity contribution in [3.8, 4) is 0 Å². The summed E-state index contributed by atoms with van der Waals surface area (Å²) in [5.41, 5.74) is -0.731. The van der Waals surface area contributed by atoms with E-state index in [1.165, 1.54) is 6.20 Å². The molecule has 1 unspecified atom stereocenters. The minimum atomic E-state index is -1.20. The molecule has 0 fully saturated rings. The smallest absolute Gasteiger partial charge is 0.290 e. The minimum Gasteiger partial charge on any atom is -0.463 e. The standard InChI is InChI=1S/C14H17N3O4/c1-9-6-13(15-7-11(9)17(19)20)16-8-14(3,18)12-5-4-10(2)21-12/h4-7,18H,8H2,1-3H3,(H,15,16). The van der Waals surface area contributed by atoms with E-state index < -0.39 is 10.5 Å². The number of aromatic nitrogens is 1. The number of pyridine rings is 1. The molecule has 7 nitrogen and oxygen atoms in total. The molecule has 7 heteroatoms. The summed E-state index contributed by atoms with van der Waals surface area (Å²) in [6.45, 7) is 5.23. The Bertz CT molecular complexity index is 664. The summed E-state index contributed by atoms with van der Waals surface area (Å²) in [4.78, 5) is 14.2. The van der Waals surface area contributed by atoms with Gasteiger partial charge in [0.25, 0.3) is 5.69 Å². The van der Waals surface area contributed by atoms with Gasteiger partial charge in [0, 0.05) is 5.56 Å². The number of rotatable bonds is 5. The SMILES string of the molecule is Cc1ccc(C(C)(O)CNc2cc(C)c([N+](=O)[O-])cn2)o1. The molecule has 2 aromatic rings. The zero-order chi connectivity index (χ0) is 15.6. The first-order valence-electron chi connectivity index (χ1n) is 6.44. The number of nitrogens with zero attached hydrogens (tertiary/aromatic N) is 2. The average Bonchev–Trinajstić information content (AvgIpc) is 2.84. The van der Waals surface area contributed by atoms with E-state index in [1.807, 2.05) is 0 Å². The molecular weight excluding hydrogens is 274 g/mol. The van der Waals surface area contributed by atoms with Gasteiger partial charge >= 0.3 is 0 Å². The van der Waals surface area contributed by atoms with E-state index in [0.29, 0.717) is 17.1 Å². The minimum absolute atomic E-state index is 0.0334. The maximum absolute atomic E-state index is 10.7. The largest absolute Gasteiger partial charge is 0.463 e. The van der Waals surface area contributed by atoms with Crippen LogP contribution in [0.2, 0.25) is 0 Å². The fourth-order valence-electron chi connectivity index (χ4n) is 1.91. The van der Waals surface area contributed by atoms with Crippen molar-refractivity contribution in [1.29, 1.82) is 0 Å². The van der Waals surface area contributed by atoms with Crippen LogP contribution in [0.4, 0.5) is 11.5 Å². The van der Waals surface area contributed by atoms with Gasteiger partial charge in [0.1, 0.15) is 29.1 Å². The molecule has 2 heterocycles. The summed E-state index contributed by atoms with van der Waals surface area (Å²) in [5.74, 6) is 1.63. The number of hydrogen-bond donors (Lipinski definition) is 2. The number of aryl methyl sites for hydroxylation is 2. The van der Waals surface area contributed by atoms with Crippen LogP contribution in [0.3, 0.4) is 0 Å². The molecule has 0 saturated carbocycles. The van der Waals surface area contributed by atoms with Crippen molar-refractivity contribution in [2.75, 3.05) is 11.9 Å². The van der Waals surface area contributed by atoms with Crippen LogP contribution in [-0.2, 0) is 5.60 Å². The maximum atomic E-state index is 10.7. The second-order valence-corrected chi connectivity index (χ2v) is 5.15. The number of hydrogen-bond acceptors (Lipinski definition) is 6. The molecule has 0 radical (unpaired) electrons. The Morgan fingerprint density at radius 2 is 2.19 bits per heavy atom. The highest BCUT2D eigenvalue weighted by molar-refractivity contribution is 5.47. The first kappa shape index (κ1) is 15.0. The normalized spacial score (nSPS) is 13.7. The molecule has 0 aromatic carbocycles. The third-order valence-electron chi connectivity index (χ3n) is 3.16. The molecule has 0 aliphatic rings. The Hall–Kier alpha value is -2.41. The van der Waals surface area contributed by atoms with Gasteiger partial charge in [0.2, 0.25) is 0 Å². The Kier molecular flexibility index (Phi) is 3.95. The van der Waals surface area contributed by atoms with E-state index in [2.05, 4.69) is 10.3 Å². The van der Waals surface area contributed by atoms with Gasteiger partial charge in [0.05, 0.1) is 11.5 Å². The average molecular weight is 291 g/mol. The number of aliphatic hydroxyl groups is 1. The first-order chi connectivity index (χ1) is 9.79. The predicted molar refractivity (Wildman–Crippen MR) is 77.1 cm³/mol. The molecule has 2 N–H and O–H groups in total. The zero-order valence-corrected chi connectivity index (χ0v) is 12.1. The van der Waals surface area contributed by atoms with E-state index in [0.717, 1.165) is 5.76 Å². The molecule has 2 rings (SSSR count). The fraction of sp³-hybridized carbons (Fsp3) is 0.357. The molecule has 21 heavy (non-hydrogen) atoms. The molecule has 0 spiro atoms. The lowest BCUT2D eigenvalue weighted by atomic mass is 10.0. The van der Waals surface area contributed by atoms with Gasteiger partial charge in [0.15, 0.2) is 0 Å². The lowest BCUT2D eigenvalue weighted by molar-refractivity contribution is -0.385. The second-order valence-electron chi connectivity index (χ2n) is 5.15. The predicted octanol–water partition coefficient (Wildman–Crippen LogP) is 2.52. The van der Waals surface area contributed by atoms with Crippen LogP contribution < -0.4 is 5.32 Å². The van der Waals surface area contributed by atoms with Crippen LogP contribution in [0.15, 0.2) is 28.8 Å². The molecule has 0 amide bonds. The Morgan fingerprint density at radius 3 is 2.71 bits per heavy atom. The van der Waals surface area contributed by atoms with Crippen LogP contribution >= 0.6 is 0 Å². The third-order valence-corrected chi connectivity index (χ3v) is 3.16. The lowest BCUT2D eigenvalue weighted by Gasteiger charge is -2.21. The molecule has 0 saturated heterocycles. The Balaban J connectivity index is 2.09. The molecule has 112 valence electrons. The summed E-state index contributed by atoms with van der Waals surface area (Å²) in [6.07, 6.45) is 1.20. The van der Waals surface area contributed by atoms with Crippen molar-refractivity contribution in [3.63, 3.8) is 0 Å². The van der Waals surface area contributed by atoms with Crippen molar-refractivity contribution in [1.82, 2.24) is 4.98 Å². The summed E-state index contributed by atoms with van der Waals surface area (Å²) in [7, 11) is 0. The van der Waals surface area contributed by atoms with E-state index in [1.54, 1.807) is 39.0 Å². The van der Waals surface area contributed by atoms with Crippen LogP contribution in [0.5, 0.6) is 0 Å². The maximum Gasteiger partial charge on any atom is 0.290 e. The molecule has 0 aliphatic carbocycles. The topological polar surface area (TPSA) is 101 Å². The number of nitrogens with one attached hydrogen (secondary N) is 1. The van der Waals surface area contributed by atoms with Crippen molar-refractivity contribution in [3.05, 3.63) is 51.6 Å². The Morgan fingerprint density at radius 1 is 1.48 bits per heavy atom. The summed E-state index contributed by atoms with van der Waals surface area (Å²) in [5, 5.41) is 24.1. The van der Waals surface area contributed by atoms with Crippen LogP contribution in [0.25, 0.3) is 0 Å². The lowest BCUT2D eigenvalue weighted by Crippen LogP contribution is -2.30. The molecule has 0 aliphatic heterocycles. The van der Waals surface area contributed by atoms with Crippen molar-refractivity contribution in [2.45, 2.75) is 26.4 Å². The van der Waals surface area contributed by atoms with E-state index >= 15 is 0 Å². The monoisotopic (exact) mass is 291 g/mol. The quantitative estimate of drug-likeness (QED) is 0.648. The highest BCUT2D eigenvalue weighted by Gasteiger charge is 2.26. The van der Waals surface area contributed by atoms with Gasteiger partial charge in [-0.15, -0.1) is 0 Å². The van der Waals surface area contributed by atoms with Crippen molar-refractivity contribution < 1.29 is 14.4 Å².